The maximum atomic E-state index is 12.6. The van der Waals surface area contributed by atoms with Crippen molar-refractivity contribution >= 4 is 23.5 Å². The maximum absolute atomic E-state index is 12.6. The molecule has 1 saturated heterocycles. The fourth-order valence-electron chi connectivity index (χ4n) is 2.39. The van der Waals surface area contributed by atoms with Gasteiger partial charge in [0, 0.05) is 12.1 Å². The van der Waals surface area contributed by atoms with Crippen LogP contribution in [0.15, 0.2) is 24.3 Å². The van der Waals surface area contributed by atoms with Crippen molar-refractivity contribution in [2.24, 2.45) is 0 Å². The van der Waals surface area contributed by atoms with Crippen LogP contribution in [0.5, 0.6) is 0 Å². The zero-order chi connectivity index (χ0) is 14.8. The minimum atomic E-state index is -1.00. The lowest BCUT2D eigenvalue weighted by molar-refractivity contribution is -0.132. The highest BCUT2D eigenvalue weighted by molar-refractivity contribution is 6.30. The molecule has 1 aliphatic heterocycles. The van der Waals surface area contributed by atoms with Crippen LogP contribution in [0.3, 0.4) is 0 Å². The Hall–Kier alpha value is -1.59. The summed E-state index contributed by atoms with van der Waals surface area (Å²) in [6, 6.07) is 6.58. The Morgan fingerprint density at radius 2 is 1.95 bits per heavy atom. The molecule has 0 radical (unpaired) electrons. The number of methoxy groups -OCH3 is 1. The van der Waals surface area contributed by atoms with E-state index < -0.39 is 5.54 Å². The van der Waals surface area contributed by atoms with E-state index in [-0.39, 0.29) is 18.5 Å². The molecule has 5 nitrogen and oxygen atoms in total. The molecule has 6 heteroatoms. The lowest BCUT2D eigenvalue weighted by Crippen LogP contribution is -2.43. The number of rotatable bonds is 5. The highest BCUT2D eigenvalue weighted by Gasteiger charge is 2.50. The van der Waals surface area contributed by atoms with Gasteiger partial charge in [-0.3, -0.25) is 9.69 Å². The highest BCUT2D eigenvalue weighted by atomic mass is 35.5. The summed E-state index contributed by atoms with van der Waals surface area (Å²) in [6.45, 7) is 2.43. The van der Waals surface area contributed by atoms with E-state index in [1.165, 1.54) is 12.0 Å². The quantitative estimate of drug-likeness (QED) is 0.847. The fourth-order valence-corrected chi connectivity index (χ4v) is 2.51. The van der Waals surface area contributed by atoms with Crippen LogP contribution in [0.25, 0.3) is 0 Å². The topological polar surface area (TPSA) is 58.6 Å². The predicted molar refractivity (Wildman–Crippen MR) is 75.5 cm³/mol. The van der Waals surface area contributed by atoms with Gasteiger partial charge >= 0.3 is 6.03 Å². The number of benzene rings is 1. The van der Waals surface area contributed by atoms with Crippen molar-refractivity contribution in [3.63, 3.8) is 0 Å². The van der Waals surface area contributed by atoms with Crippen LogP contribution in [0.4, 0.5) is 4.79 Å². The number of carbonyl (C=O) groups is 2. The van der Waals surface area contributed by atoms with Crippen molar-refractivity contribution in [3.05, 3.63) is 34.9 Å². The third kappa shape index (κ3) is 2.39. The molecular weight excluding hydrogens is 280 g/mol. The first-order chi connectivity index (χ1) is 9.55. The number of imide groups is 1. The summed E-state index contributed by atoms with van der Waals surface area (Å²) in [7, 11) is 1.53. The monoisotopic (exact) mass is 296 g/mol. The Balaban J connectivity index is 2.34. The lowest BCUT2D eigenvalue weighted by atomic mass is 9.87. The predicted octanol–water partition coefficient (Wildman–Crippen LogP) is 2.14. The second-order valence-corrected chi connectivity index (χ2v) is 5.08. The Bertz CT molecular complexity index is 518. The van der Waals surface area contributed by atoms with Gasteiger partial charge in [0.1, 0.15) is 5.54 Å². The first-order valence-corrected chi connectivity index (χ1v) is 6.82. The van der Waals surface area contributed by atoms with Crippen LogP contribution in [-0.2, 0) is 15.1 Å². The molecule has 1 fully saturated rings. The van der Waals surface area contributed by atoms with Crippen molar-refractivity contribution in [1.29, 1.82) is 0 Å². The number of amides is 3. The number of carbonyl (C=O) groups excluding carboxylic acids is 2. The SMILES string of the molecule is CCC1(c2ccc(Cl)cc2)NC(=O)N(CCOC)C1=O. The number of ether oxygens (including phenoxy) is 1. The zero-order valence-electron chi connectivity index (χ0n) is 11.5. The molecule has 1 atom stereocenters. The number of nitrogens with one attached hydrogen (secondary N) is 1. The van der Waals surface area contributed by atoms with E-state index in [0.717, 1.165) is 5.56 Å². The van der Waals surface area contributed by atoms with Crippen LogP contribution in [0.1, 0.15) is 18.9 Å². The number of hydrogen-bond acceptors (Lipinski definition) is 3. The number of hydrogen-bond donors (Lipinski definition) is 1. The summed E-state index contributed by atoms with van der Waals surface area (Å²) in [5, 5.41) is 3.39. The normalized spacial score (nSPS) is 22.2. The molecule has 1 aliphatic rings. The molecule has 3 amide bonds. The average molecular weight is 297 g/mol. The van der Waals surface area contributed by atoms with Crippen molar-refractivity contribution in [3.8, 4) is 0 Å². The minimum Gasteiger partial charge on any atom is -0.383 e. The molecule has 1 N–H and O–H groups in total. The summed E-state index contributed by atoms with van der Waals surface area (Å²) in [5.74, 6) is -0.246. The molecule has 1 unspecified atom stereocenters. The van der Waals surface area contributed by atoms with E-state index in [1.54, 1.807) is 24.3 Å². The molecular formula is C14H17ClN2O3. The second-order valence-electron chi connectivity index (χ2n) is 4.65. The molecule has 1 aromatic carbocycles. The minimum absolute atomic E-state index is 0.246. The number of halogens is 1. The summed E-state index contributed by atoms with van der Waals surface area (Å²) in [6.07, 6.45) is 0.475. The van der Waals surface area contributed by atoms with Gasteiger partial charge < -0.3 is 10.1 Å². The van der Waals surface area contributed by atoms with Crippen LogP contribution < -0.4 is 5.32 Å². The molecule has 0 spiro atoms. The maximum Gasteiger partial charge on any atom is 0.325 e. The van der Waals surface area contributed by atoms with E-state index in [2.05, 4.69) is 5.32 Å². The lowest BCUT2D eigenvalue weighted by Gasteiger charge is -2.25. The van der Waals surface area contributed by atoms with Gasteiger partial charge in [0.25, 0.3) is 5.91 Å². The van der Waals surface area contributed by atoms with E-state index in [1.807, 2.05) is 6.92 Å². The van der Waals surface area contributed by atoms with E-state index >= 15 is 0 Å². The molecule has 0 aromatic heterocycles. The van der Waals surface area contributed by atoms with Gasteiger partial charge in [-0.25, -0.2) is 4.79 Å². The van der Waals surface area contributed by atoms with Gasteiger partial charge in [-0.2, -0.15) is 0 Å². The van der Waals surface area contributed by atoms with E-state index in [4.69, 9.17) is 16.3 Å². The standard InChI is InChI=1S/C14H17ClN2O3/c1-3-14(10-4-6-11(15)7-5-10)12(18)17(8-9-20-2)13(19)16-14/h4-7H,3,8-9H2,1-2H3,(H,16,19). The van der Waals surface area contributed by atoms with Crippen LogP contribution in [-0.4, -0.2) is 37.1 Å². The van der Waals surface area contributed by atoms with Crippen LogP contribution in [0, 0.1) is 0 Å². The summed E-state index contributed by atoms with van der Waals surface area (Å²) >= 11 is 5.87. The molecule has 1 heterocycles. The van der Waals surface area contributed by atoms with Crippen molar-refractivity contribution in [2.45, 2.75) is 18.9 Å². The van der Waals surface area contributed by atoms with Gasteiger partial charge in [-0.1, -0.05) is 30.7 Å². The molecule has 2 rings (SSSR count). The summed E-state index contributed by atoms with van der Waals surface area (Å²) < 4.78 is 4.93. The molecule has 0 saturated carbocycles. The van der Waals surface area contributed by atoms with Gasteiger partial charge in [-0.15, -0.1) is 0 Å². The molecule has 20 heavy (non-hydrogen) atoms. The van der Waals surface area contributed by atoms with Gasteiger partial charge in [0.05, 0.1) is 13.2 Å². The van der Waals surface area contributed by atoms with Gasteiger partial charge in [0.15, 0.2) is 0 Å². The van der Waals surface area contributed by atoms with Crippen molar-refractivity contribution in [1.82, 2.24) is 10.2 Å². The highest BCUT2D eigenvalue weighted by Crippen LogP contribution is 2.32. The summed E-state index contributed by atoms with van der Waals surface area (Å²) in [4.78, 5) is 25.8. The van der Waals surface area contributed by atoms with Gasteiger partial charge in [0.2, 0.25) is 0 Å². The van der Waals surface area contributed by atoms with Crippen LogP contribution in [0.2, 0.25) is 5.02 Å². The Kier molecular flexibility index (Phi) is 4.30. The van der Waals surface area contributed by atoms with Gasteiger partial charge in [-0.05, 0) is 24.1 Å². The molecule has 108 valence electrons. The second kappa shape index (κ2) is 5.81. The number of urea groups is 1. The Morgan fingerprint density at radius 1 is 1.30 bits per heavy atom. The largest absolute Gasteiger partial charge is 0.383 e. The first kappa shape index (κ1) is 14.8. The van der Waals surface area contributed by atoms with E-state index in [9.17, 15) is 9.59 Å². The molecule has 1 aromatic rings. The van der Waals surface area contributed by atoms with E-state index in [0.29, 0.717) is 18.1 Å². The fraction of sp³-hybridized carbons (Fsp3) is 0.429. The molecule has 0 aliphatic carbocycles. The Labute approximate surface area is 122 Å². The average Bonchev–Trinajstić information content (AvgIpc) is 2.69. The molecule has 0 bridgehead atoms. The van der Waals surface area contributed by atoms with Crippen molar-refractivity contribution < 1.29 is 14.3 Å². The van der Waals surface area contributed by atoms with Crippen LogP contribution >= 0.6 is 11.6 Å². The first-order valence-electron chi connectivity index (χ1n) is 6.44. The number of nitrogens with zero attached hydrogens (tertiary/aromatic N) is 1. The smallest absolute Gasteiger partial charge is 0.325 e. The third-order valence-electron chi connectivity index (χ3n) is 3.56. The zero-order valence-corrected chi connectivity index (χ0v) is 12.2. The third-order valence-corrected chi connectivity index (χ3v) is 3.81. The Morgan fingerprint density at radius 3 is 2.50 bits per heavy atom. The van der Waals surface area contributed by atoms with Crippen molar-refractivity contribution in [2.75, 3.05) is 20.3 Å². The summed E-state index contributed by atoms with van der Waals surface area (Å²) in [5.41, 5.74) is -0.266.